The first-order valence-corrected chi connectivity index (χ1v) is 11.0. The molecule has 0 unspecified atom stereocenters. The number of methoxy groups -OCH3 is 1. The molecule has 3 N–H and O–H groups in total. The van der Waals surface area contributed by atoms with Crippen molar-refractivity contribution in [1.82, 2.24) is 4.90 Å². The van der Waals surface area contributed by atoms with Crippen molar-refractivity contribution >= 4 is 51.4 Å². The van der Waals surface area contributed by atoms with Crippen LogP contribution in [0.15, 0.2) is 18.2 Å². The average molecular weight is 465 g/mol. The monoisotopic (exact) mass is 464 g/mol. The van der Waals surface area contributed by atoms with Crippen LogP contribution in [-0.4, -0.2) is 62.5 Å². The maximum Gasteiger partial charge on any atom is 0.341 e. The minimum Gasteiger partial charge on any atom is -0.465 e. The summed E-state index contributed by atoms with van der Waals surface area (Å²) in [6, 6.07) is 5.84. The number of nitrogens with two attached hydrogens (primary N) is 1. The number of nitrogens with one attached hydrogen (secondary N) is 1. The molecule has 0 radical (unpaired) electrons. The number of aryl methyl sites for hydroxylation is 1. The number of rotatable bonds is 6. The van der Waals surface area contributed by atoms with Gasteiger partial charge in [-0.3, -0.25) is 14.5 Å². The molecule has 2 heterocycles. The number of esters is 1. The average Bonchev–Trinajstić information content (AvgIpc) is 3.05. The zero-order valence-electron chi connectivity index (χ0n) is 17.7. The molecule has 166 valence electrons. The molecule has 1 aliphatic heterocycles. The smallest absolute Gasteiger partial charge is 0.341 e. The van der Waals surface area contributed by atoms with Crippen LogP contribution in [0.25, 0.3) is 0 Å². The largest absolute Gasteiger partial charge is 0.465 e. The van der Waals surface area contributed by atoms with Crippen LogP contribution in [0.2, 0.25) is 5.02 Å². The molecule has 0 spiro atoms. The van der Waals surface area contributed by atoms with Gasteiger partial charge in [0.25, 0.3) is 5.91 Å². The Morgan fingerprint density at radius 2 is 1.87 bits per heavy atom. The van der Waals surface area contributed by atoms with Crippen LogP contribution in [0.3, 0.4) is 0 Å². The maximum atomic E-state index is 12.6. The van der Waals surface area contributed by atoms with Crippen LogP contribution in [0.1, 0.15) is 31.2 Å². The number of thiophene rings is 1. The van der Waals surface area contributed by atoms with Gasteiger partial charge in [-0.15, -0.1) is 11.3 Å². The van der Waals surface area contributed by atoms with Crippen molar-refractivity contribution in [2.45, 2.75) is 13.8 Å². The van der Waals surface area contributed by atoms with Crippen molar-refractivity contribution < 1.29 is 19.1 Å². The van der Waals surface area contributed by atoms with Crippen LogP contribution in [0, 0.1) is 13.8 Å². The lowest BCUT2D eigenvalue weighted by Crippen LogP contribution is -2.48. The topological polar surface area (TPSA) is 105 Å². The SMILES string of the molecule is COC(=O)c1c(NC(=O)CN2CCN(c3cc(Cl)ccc3C)CC2)sc(C(N)=O)c1C. The van der Waals surface area contributed by atoms with E-state index in [9.17, 15) is 14.4 Å². The molecule has 1 fully saturated rings. The number of nitrogens with zero attached hydrogens (tertiary/aromatic N) is 2. The lowest BCUT2D eigenvalue weighted by atomic mass is 10.1. The Morgan fingerprint density at radius 3 is 2.48 bits per heavy atom. The number of carbonyl (C=O) groups excluding carboxylic acids is 3. The van der Waals surface area contributed by atoms with Gasteiger partial charge in [-0.25, -0.2) is 4.79 Å². The van der Waals surface area contributed by atoms with Crippen molar-refractivity contribution in [3.8, 4) is 0 Å². The van der Waals surface area contributed by atoms with Gasteiger partial charge in [-0.2, -0.15) is 0 Å². The number of hydrogen-bond donors (Lipinski definition) is 2. The molecule has 2 amide bonds. The summed E-state index contributed by atoms with van der Waals surface area (Å²) in [6.07, 6.45) is 0. The van der Waals surface area contributed by atoms with Crippen LogP contribution in [0.4, 0.5) is 10.7 Å². The number of halogens is 1. The zero-order chi connectivity index (χ0) is 22.7. The molecule has 0 bridgehead atoms. The van der Waals surface area contributed by atoms with Crippen molar-refractivity contribution in [3.63, 3.8) is 0 Å². The lowest BCUT2D eigenvalue weighted by Gasteiger charge is -2.36. The molecule has 1 aromatic heterocycles. The first-order chi connectivity index (χ1) is 14.7. The summed E-state index contributed by atoms with van der Waals surface area (Å²) in [7, 11) is 1.25. The fraction of sp³-hybridized carbons (Fsp3) is 0.381. The van der Waals surface area contributed by atoms with Gasteiger partial charge in [0.15, 0.2) is 0 Å². The van der Waals surface area contributed by atoms with E-state index in [2.05, 4.69) is 10.2 Å². The summed E-state index contributed by atoms with van der Waals surface area (Å²) in [6.45, 7) is 6.78. The Hall–Kier alpha value is -2.62. The molecule has 0 atom stereocenters. The highest BCUT2D eigenvalue weighted by Crippen LogP contribution is 2.33. The molecule has 10 heteroatoms. The summed E-state index contributed by atoms with van der Waals surface area (Å²) >= 11 is 7.12. The molecule has 31 heavy (non-hydrogen) atoms. The molecule has 0 saturated carbocycles. The zero-order valence-corrected chi connectivity index (χ0v) is 19.2. The molecule has 1 aromatic carbocycles. The summed E-state index contributed by atoms with van der Waals surface area (Å²) < 4.78 is 4.79. The fourth-order valence-corrected chi connectivity index (χ4v) is 4.85. The van der Waals surface area contributed by atoms with Crippen LogP contribution >= 0.6 is 22.9 Å². The van der Waals surface area contributed by atoms with Crippen molar-refractivity contribution in [3.05, 3.63) is 44.8 Å². The number of primary amides is 1. The van der Waals surface area contributed by atoms with Crippen LogP contribution in [-0.2, 0) is 9.53 Å². The van der Waals surface area contributed by atoms with Gasteiger partial charge in [-0.1, -0.05) is 17.7 Å². The fourth-order valence-electron chi connectivity index (χ4n) is 3.62. The number of hydrogen-bond acceptors (Lipinski definition) is 7. The molecule has 3 rings (SSSR count). The van der Waals surface area contributed by atoms with E-state index in [1.54, 1.807) is 6.92 Å². The number of anilines is 2. The molecule has 1 saturated heterocycles. The Labute approximate surface area is 189 Å². The van der Waals surface area contributed by atoms with Crippen molar-refractivity contribution in [1.29, 1.82) is 0 Å². The van der Waals surface area contributed by atoms with E-state index in [-0.39, 0.29) is 27.9 Å². The molecular formula is C21H25ClN4O4S. The number of piperazine rings is 1. The number of benzene rings is 1. The Bertz CT molecular complexity index is 1020. The van der Waals surface area contributed by atoms with Crippen LogP contribution in [0.5, 0.6) is 0 Å². The van der Waals surface area contributed by atoms with Gasteiger partial charge >= 0.3 is 5.97 Å². The van der Waals surface area contributed by atoms with E-state index >= 15 is 0 Å². The molecular weight excluding hydrogens is 440 g/mol. The van der Waals surface area contributed by atoms with Gasteiger partial charge in [0.05, 0.1) is 24.1 Å². The summed E-state index contributed by atoms with van der Waals surface area (Å²) in [5.74, 6) is -1.54. The van der Waals surface area contributed by atoms with E-state index in [0.29, 0.717) is 23.7 Å². The molecule has 2 aromatic rings. The standard InChI is InChI=1S/C21H25ClN4O4S/c1-12-4-5-14(22)10-15(12)26-8-6-25(7-9-26)11-16(27)24-20-17(21(29)30-3)13(2)18(31-20)19(23)28/h4-5,10H,6-9,11H2,1-3H3,(H2,23,28)(H,24,27). The Balaban J connectivity index is 1.63. The van der Waals surface area contributed by atoms with E-state index in [1.165, 1.54) is 7.11 Å². The Kier molecular flexibility index (Phi) is 7.19. The number of amides is 2. The van der Waals surface area contributed by atoms with Gasteiger partial charge in [0.2, 0.25) is 5.91 Å². The molecule has 8 nitrogen and oxygen atoms in total. The van der Waals surface area contributed by atoms with Gasteiger partial charge in [0, 0.05) is 36.9 Å². The predicted octanol–water partition coefficient (Wildman–Crippen LogP) is 2.66. The van der Waals surface area contributed by atoms with E-state index in [4.69, 9.17) is 22.1 Å². The quantitative estimate of drug-likeness (QED) is 0.637. The third kappa shape index (κ3) is 5.17. The molecule has 1 aliphatic rings. The first-order valence-electron chi connectivity index (χ1n) is 9.76. The second-order valence-electron chi connectivity index (χ2n) is 7.36. The highest BCUT2D eigenvalue weighted by molar-refractivity contribution is 7.18. The minimum absolute atomic E-state index is 0.163. The molecule has 0 aliphatic carbocycles. The highest BCUT2D eigenvalue weighted by atomic mass is 35.5. The summed E-state index contributed by atoms with van der Waals surface area (Å²) in [5, 5.41) is 3.72. The maximum absolute atomic E-state index is 12.6. The van der Waals surface area contributed by atoms with Gasteiger partial charge < -0.3 is 20.7 Å². The number of ether oxygens (including phenoxy) is 1. The second kappa shape index (κ2) is 9.67. The third-order valence-electron chi connectivity index (χ3n) is 5.26. The van der Waals surface area contributed by atoms with Crippen molar-refractivity contribution in [2.24, 2.45) is 5.73 Å². The Morgan fingerprint density at radius 1 is 1.19 bits per heavy atom. The normalized spacial score (nSPS) is 14.4. The first kappa shape index (κ1) is 23.1. The predicted molar refractivity (Wildman–Crippen MR) is 122 cm³/mol. The third-order valence-corrected chi connectivity index (χ3v) is 6.72. The number of carbonyl (C=O) groups is 3. The van der Waals surface area contributed by atoms with Gasteiger partial charge in [-0.05, 0) is 37.1 Å². The van der Waals surface area contributed by atoms with Crippen molar-refractivity contribution in [2.75, 3.05) is 50.1 Å². The summed E-state index contributed by atoms with van der Waals surface area (Å²) in [4.78, 5) is 40.9. The van der Waals surface area contributed by atoms with Gasteiger partial charge in [0.1, 0.15) is 5.00 Å². The van der Waals surface area contributed by atoms with E-state index < -0.39 is 11.9 Å². The minimum atomic E-state index is -0.652. The van der Waals surface area contributed by atoms with E-state index in [0.717, 1.165) is 35.7 Å². The second-order valence-corrected chi connectivity index (χ2v) is 8.82. The van der Waals surface area contributed by atoms with E-state index in [1.807, 2.05) is 30.0 Å². The van der Waals surface area contributed by atoms with Crippen LogP contribution < -0.4 is 16.0 Å². The lowest BCUT2D eigenvalue weighted by molar-refractivity contribution is -0.117. The highest BCUT2D eigenvalue weighted by Gasteiger charge is 2.26. The summed E-state index contributed by atoms with van der Waals surface area (Å²) in [5.41, 5.74) is 8.22.